The molecule has 1 atom stereocenters. The molecule has 1 aromatic heterocycles. The molecule has 1 aliphatic carbocycles. The Morgan fingerprint density at radius 1 is 1.47 bits per heavy atom. The third kappa shape index (κ3) is 4.32. The van der Waals surface area contributed by atoms with E-state index in [0.717, 1.165) is 19.6 Å². The van der Waals surface area contributed by atoms with Crippen LogP contribution in [0.15, 0.2) is 12.3 Å². The fourth-order valence-electron chi connectivity index (χ4n) is 3.12. The minimum absolute atomic E-state index is 0.655. The van der Waals surface area contributed by atoms with Crippen LogP contribution in [0.2, 0.25) is 0 Å². The number of hydrogen-bond acceptors (Lipinski definition) is 3. The SMILES string of the molecule is CNCC(C)CN(C)Cc1ccn(C2CCCC2)n1. The van der Waals surface area contributed by atoms with Crippen molar-refractivity contribution >= 4 is 0 Å². The Morgan fingerprint density at radius 3 is 2.89 bits per heavy atom. The zero-order chi connectivity index (χ0) is 13.7. The number of nitrogens with zero attached hydrogens (tertiary/aromatic N) is 3. The van der Waals surface area contributed by atoms with E-state index in [4.69, 9.17) is 5.10 Å². The van der Waals surface area contributed by atoms with Crippen molar-refractivity contribution in [3.05, 3.63) is 18.0 Å². The van der Waals surface area contributed by atoms with Gasteiger partial charge in [-0.1, -0.05) is 19.8 Å². The van der Waals surface area contributed by atoms with E-state index in [1.807, 2.05) is 7.05 Å². The van der Waals surface area contributed by atoms with Gasteiger partial charge in [-0.3, -0.25) is 4.68 Å². The molecule has 1 heterocycles. The lowest BCUT2D eigenvalue weighted by molar-refractivity contribution is 0.272. The highest BCUT2D eigenvalue weighted by molar-refractivity contribution is 5.00. The van der Waals surface area contributed by atoms with Gasteiger partial charge in [0.25, 0.3) is 0 Å². The van der Waals surface area contributed by atoms with Crippen molar-refractivity contribution < 1.29 is 0 Å². The average molecular weight is 264 g/mol. The molecular weight excluding hydrogens is 236 g/mol. The Morgan fingerprint density at radius 2 is 2.21 bits per heavy atom. The van der Waals surface area contributed by atoms with Crippen molar-refractivity contribution in [1.29, 1.82) is 0 Å². The van der Waals surface area contributed by atoms with Gasteiger partial charge >= 0.3 is 0 Å². The van der Waals surface area contributed by atoms with E-state index in [-0.39, 0.29) is 0 Å². The summed E-state index contributed by atoms with van der Waals surface area (Å²) in [7, 11) is 4.19. The molecule has 2 rings (SSSR count). The smallest absolute Gasteiger partial charge is 0.0764 e. The van der Waals surface area contributed by atoms with Crippen molar-refractivity contribution in [2.75, 3.05) is 27.2 Å². The maximum absolute atomic E-state index is 4.74. The molecular formula is C15H28N4. The lowest BCUT2D eigenvalue weighted by Gasteiger charge is -2.20. The lowest BCUT2D eigenvalue weighted by Crippen LogP contribution is -2.29. The quantitative estimate of drug-likeness (QED) is 0.820. The highest BCUT2D eigenvalue weighted by Crippen LogP contribution is 2.28. The predicted octanol–water partition coefficient (Wildman–Crippen LogP) is 2.29. The second-order valence-electron chi connectivity index (χ2n) is 6.08. The van der Waals surface area contributed by atoms with Gasteiger partial charge < -0.3 is 10.2 Å². The molecule has 1 aliphatic rings. The topological polar surface area (TPSA) is 33.1 Å². The highest BCUT2D eigenvalue weighted by atomic mass is 15.3. The molecule has 1 unspecified atom stereocenters. The molecule has 0 radical (unpaired) electrons. The molecule has 0 amide bonds. The van der Waals surface area contributed by atoms with Gasteiger partial charge in [0.15, 0.2) is 0 Å². The number of aromatic nitrogens is 2. The van der Waals surface area contributed by atoms with Crippen molar-refractivity contribution in [3.8, 4) is 0 Å². The van der Waals surface area contributed by atoms with E-state index in [2.05, 4.69) is 41.1 Å². The van der Waals surface area contributed by atoms with Crippen LogP contribution in [-0.2, 0) is 6.54 Å². The molecule has 0 bridgehead atoms. The Hall–Kier alpha value is -0.870. The Balaban J connectivity index is 1.81. The summed E-state index contributed by atoms with van der Waals surface area (Å²) >= 11 is 0. The van der Waals surface area contributed by atoms with Crippen molar-refractivity contribution in [2.45, 2.75) is 45.2 Å². The van der Waals surface area contributed by atoms with Crippen molar-refractivity contribution in [1.82, 2.24) is 20.0 Å². The highest BCUT2D eigenvalue weighted by Gasteiger charge is 2.17. The molecule has 19 heavy (non-hydrogen) atoms. The van der Waals surface area contributed by atoms with E-state index in [0.29, 0.717) is 12.0 Å². The monoisotopic (exact) mass is 264 g/mol. The largest absolute Gasteiger partial charge is 0.319 e. The second kappa shape index (κ2) is 7.06. The third-order valence-corrected chi connectivity index (χ3v) is 3.97. The molecule has 1 saturated carbocycles. The molecule has 1 aromatic rings. The van der Waals surface area contributed by atoms with Crippen LogP contribution in [0.3, 0.4) is 0 Å². The van der Waals surface area contributed by atoms with Gasteiger partial charge in [0, 0.05) is 19.3 Å². The first-order valence-electron chi connectivity index (χ1n) is 7.56. The maximum Gasteiger partial charge on any atom is 0.0764 e. The van der Waals surface area contributed by atoms with E-state index >= 15 is 0 Å². The summed E-state index contributed by atoms with van der Waals surface area (Å²) in [6.07, 6.45) is 7.49. The zero-order valence-corrected chi connectivity index (χ0v) is 12.6. The van der Waals surface area contributed by atoms with Crippen LogP contribution in [0.5, 0.6) is 0 Å². The van der Waals surface area contributed by atoms with Gasteiger partial charge in [-0.2, -0.15) is 5.10 Å². The van der Waals surface area contributed by atoms with Crippen LogP contribution in [0.1, 0.15) is 44.3 Å². The van der Waals surface area contributed by atoms with Crippen LogP contribution >= 0.6 is 0 Å². The fourth-order valence-corrected chi connectivity index (χ4v) is 3.12. The van der Waals surface area contributed by atoms with E-state index in [9.17, 15) is 0 Å². The van der Waals surface area contributed by atoms with Gasteiger partial charge in [-0.15, -0.1) is 0 Å². The van der Waals surface area contributed by atoms with Gasteiger partial charge in [0.2, 0.25) is 0 Å². The van der Waals surface area contributed by atoms with Gasteiger partial charge in [0.1, 0.15) is 0 Å². The number of rotatable bonds is 7. The fraction of sp³-hybridized carbons (Fsp3) is 0.800. The first kappa shape index (κ1) is 14.5. The predicted molar refractivity (Wildman–Crippen MR) is 79.2 cm³/mol. The summed E-state index contributed by atoms with van der Waals surface area (Å²) in [5, 5.41) is 7.98. The minimum Gasteiger partial charge on any atom is -0.319 e. The minimum atomic E-state index is 0.655. The average Bonchev–Trinajstić information content (AvgIpc) is 2.98. The third-order valence-electron chi connectivity index (χ3n) is 3.97. The molecule has 4 nitrogen and oxygen atoms in total. The Labute approximate surface area is 117 Å². The van der Waals surface area contributed by atoms with Crippen LogP contribution < -0.4 is 5.32 Å². The Kier molecular flexibility index (Phi) is 5.40. The van der Waals surface area contributed by atoms with Crippen molar-refractivity contribution in [2.24, 2.45) is 5.92 Å². The van der Waals surface area contributed by atoms with E-state index in [1.165, 1.54) is 31.4 Å². The van der Waals surface area contributed by atoms with E-state index in [1.54, 1.807) is 0 Å². The molecule has 108 valence electrons. The molecule has 0 aromatic carbocycles. The second-order valence-corrected chi connectivity index (χ2v) is 6.08. The van der Waals surface area contributed by atoms with E-state index < -0.39 is 0 Å². The van der Waals surface area contributed by atoms with Gasteiger partial charge in [-0.25, -0.2) is 0 Å². The zero-order valence-electron chi connectivity index (χ0n) is 12.6. The summed E-state index contributed by atoms with van der Waals surface area (Å²) < 4.78 is 2.19. The molecule has 1 fully saturated rings. The summed E-state index contributed by atoms with van der Waals surface area (Å²) in [5.74, 6) is 0.673. The normalized spacial score (nSPS) is 18.3. The molecule has 0 aliphatic heterocycles. The first-order valence-corrected chi connectivity index (χ1v) is 7.56. The molecule has 0 saturated heterocycles. The van der Waals surface area contributed by atoms with Crippen LogP contribution in [-0.4, -0.2) is 41.9 Å². The molecule has 0 spiro atoms. The van der Waals surface area contributed by atoms with Crippen LogP contribution in [0.4, 0.5) is 0 Å². The summed E-state index contributed by atoms with van der Waals surface area (Å²) in [5.41, 5.74) is 1.20. The lowest BCUT2D eigenvalue weighted by atomic mass is 10.1. The summed E-state index contributed by atoms with van der Waals surface area (Å²) in [4.78, 5) is 2.36. The number of hydrogen-bond donors (Lipinski definition) is 1. The Bertz CT molecular complexity index is 368. The maximum atomic E-state index is 4.74. The summed E-state index contributed by atoms with van der Waals surface area (Å²) in [6, 6.07) is 2.83. The molecule has 1 N–H and O–H groups in total. The standard InChI is InChI=1S/C15H28N4/c1-13(10-16-2)11-18(3)12-14-8-9-19(17-14)15-6-4-5-7-15/h8-9,13,15-16H,4-7,10-12H2,1-3H3. The molecule has 4 heteroatoms. The van der Waals surface area contributed by atoms with Gasteiger partial charge in [-0.05, 0) is 45.5 Å². The summed E-state index contributed by atoms with van der Waals surface area (Å²) in [6.45, 7) is 5.41. The van der Waals surface area contributed by atoms with Crippen LogP contribution in [0.25, 0.3) is 0 Å². The first-order chi connectivity index (χ1) is 9.19. The van der Waals surface area contributed by atoms with Gasteiger partial charge in [0.05, 0.1) is 11.7 Å². The van der Waals surface area contributed by atoms with Crippen molar-refractivity contribution in [3.63, 3.8) is 0 Å². The number of nitrogens with one attached hydrogen (secondary N) is 1. The van der Waals surface area contributed by atoms with Crippen LogP contribution in [0, 0.1) is 5.92 Å².